The molecule has 0 unspecified atom stereocenters. The second kappa shape index (κ2) is 15.1. The fourth-order valence-electron chi connectivity index (χ4n) is 13.4. The average molecular weight is 867 g/mol. The van der Waals surface area contributed by atoms with E-state index in [1.165, 1.54) is 87.8 Å². The van der Waals surface area contributed by atoms with Crippen LogP contribution < -0.4 is 14.5 Å². The first-order valence-corrected chi connectivity index (χ1v) is 24.5. The Kier molecular flexibility index (Phi) is 9.41. The number of aryl methyl sites for hydroxylation is 1. The number of hydrogen-bond donors (Lipinski definition) is 0. The summed E-state index contributed by atoms with van der Waals surface area (Å²) in [4.78, 5) is 10.2. The maximum Gasteiger partial charge on any atom is 0.137 e. The van der Waals surface area contributed by atoms with Crippen LogP contribution in [0, 0.1) is 30.6 Å². The van der Waals surface area contributed by atoms with E-state index in [0.29, 0.717) is 18.5 Å². The fraction of sp³-hybridized carbons (Fsp3) is 0.328. The van der Waals surface area contributed by atoms with Crippen LogP contribution in [0.3, 0.4) is 0 Å². The molecule has 13 rings (SSSR count). The molecule has 0 radical (unpaired) electrons. The first kappa shape index (κ1) is 41.1. The molecular weight excluding hydrogens is 805 g/mol. The third-order valence-electron chi connectivity index (χ3n) is 16.1. The number of para-hydroxylation sites is 4. The zero-order chi connectivity index (χ0) is 45.1. The van der Waals surface area contributed by atoms with Crippen molar-refractivity contribution in [2.24, 2.45) is 23.7 Å². The number of aromatic nitrogens is 2. The minimum absolute atomic E-state index is 0.00536. The van der Waals surface area contributed by atoms with Crippen LogP contribution in [0.15, 0.2) is 152 Å². The predicted molar refractivity (Wildman–Crippen MR) is 274 cm³/mol. The van der Waals surface area contributed by atoms with Crippen LogP contribution in [-0.4, -0.2) is 16.2 Å². The number of nitrogens with zero attached hydrogens (tertiary/aromatic N) is 4. The zero-order valence-corrected chi connectivity index (χ0v) is 39.7. The Hall–Kier alpha value is -6.33. The first-order chi connectivity index (χ1) is 31.8. The van der Waals surface area contributed by atoms with Gasteiger partial charge in [0.15, 0.2) is 0 Å². The third-order valence-corrected chi connectivity index (χ3v) is 16.1. The van der Waals surface area contributed by atoms with Crippen LogP contribution in [0.2, 0.25) is 0 Å². The lowest BCUT2D eigenvalue weighted by Crippen LogP contribution is -2.56. The van der Waals surface area contributed by atoms with E-state index in [-0.39, 0.29) is 16.2 Å². The number of pyridine rings is 1. The fourth-order valence-corrected chi connectivity index (χ4v) is 13.4. The van der Waals surface area contributed by atoms with Crippen LogP contribution in [0.5, 0.6) is 11.5 Å². The molecule has 1 aliphatic heterocycles. The largest absolute Gasteiger partial charge is 0.457 e. The van der Waals surface area contributed by atoms with Crippen LogP contribution in [-0.2, 0) is 16.2 Å². The molecule has 8 aromatic rings. The molecule has 3 heterocycles. The molecule has 0 spiro atoms. The standard InChI is InChI=1S/C61H62N4O/c1-39-22-24-42(25-23-39)61(44-31-40-30-41(33-44)34-45(61)32-40)43-28-29-62-57(35-43)65-53-19-9-8-16-49(53)50-27-26-48(37-56(50)65)66-47-15-12-14-46(36-47)63-38-64(55-21-11-10-20-54(55)63)58-51(59(2,3)4)17-13-18-52(58)60(5,6)7/h8-29,35-37,40-41,44-45H,30-34,38H2,1-7H3. The first-order valence-electron chi connectivity index (χ1n) is 24.5. The van der Waals surface area contributed by atoms with E-state index < -0.39 is 0 Å². The van der Waals surface area contributed by atoms with Gasteiger partial charge in [0, 0.05) is 40.2 Å². The van der Waals surface area contributed by atoms with Crippen molar-refractivity contribution in [2.45, 2.75) is 96.8 Å². The van der Waals surface area contributed by atoms with Gasteiger partial charge in [0.1, 0.15) is 24.0 Å². The van der Waals surface area contributed by atoms with Gasteiger partial charge in [0.05, 0.1) is 28.1 Å². The summed E-state index contributed by atoms with van der Waals surface area (Å²) in [7, 11) is 0. The Bertz CT molecular complexity index is 3100. The van der Waals surface area contributed by atoms with Crippen molar-refractivity contribution in [2.75, 3.05) is 16.5 Å². The molecule has 5 nitrogen and oxygen atoms in total. The Morgan fingerprint density at radius 1 is 0.545 bits per heavy atom. The topological polar surface area (TPSA) is 33.5 Å². The predicted octanol–water partition coefficient (Wildman–Crippen LogP) is 15.9. The SMILES string of the molecule is Cc1ccc(C2(c3ccnc(-n4c5ccccc5c5ccc(Oc6cccc(N7CN(c8c(C(C)(C)C)cccc8C(C)(C)C)c8ccccc87)c6)cc54)c3)C3CC4CC(C3)CC2C4)cc1. The van der Waals surface area contributed by atoms with Gasteiger partial charge in [-0.1, -0.05) is 126 Å². The maximum atomic E-state index is 6.89. The second-order valence-corrected chi connectivity index (χ2v) is 22.3. The van der Waals surface area contributed by atoms with Gasteiger partial charge in [-0.05, 0) is 150 Å². The third kappa shape index (κ3) is 6.51. The lowest BCUT2D eigenvalue weighted by atomic mass is 9.42. The van der Waals surface area contributed by atoms with Gasteiger partial charge in [0.25, 0.3) is 0 Å². The van der Waals surface area contributed by atoms with Gasteiger partial charge in [0.2, 0.25) is 0 Å². The molecule has 0 amide bonds. The average Bonchev–Trinajstić information content (AvgIpc) is 3.85. The van der Waals surface area contributed by atoms with Gasteiger partial charge < -0.3 is 14.5 Å². The summed E-state index contributed by atoms with van der Waals surface area (Å²) < 4.78 is 9.28. The molecule has 0 saturated heterocycles. The summed E-state index contributed by atoms with van der Waals surface area (Å²) in [5.74, 6) is 5.63. The summed E-state index contributed by atoms with van der Waals surface area (Å²) in [5.41, 5.74) is 14.0. The minimum Gasteiger partial charge on any atom is -0.457 e. The number of fused-ring (bicyclic) bond motifs is 4. The molecule has 5 heteroatoms. The Labute approximate surface area is 391 Å². The number of benzene rings is 6. The van der Waals surface area contributed by atoms with E-state index in [1.807, 2.05) is 0 Å². The highest BCUT2D eigenvalue weighted by molar-refractivity contribution is 6.09. The molecule has 66 heavy (non-hydrogen) atoms. The summed E-state index contributed by atoms with van der Waals surface area (Å²) in [6.07, 6.45) is 8.86. The number of anilines is 4. The maximum absolute atomic E-state index is 6.89. The van der Waals surface area contributed by atoms with Crippen LogP contribution in [0.25, 0.3) is 27.6 Å². The lowest BCUT2D eigenvalue weighted by Gasteiger charge is -2.62. The molecule has 4 bridgehead atoms. The normalized spacial score (nSPS) is 22.4. The van der Waals surface area contributed by atoms with E-state index >= 15 is 0 Å². The highest BCUT2D eigenvalue weighted by Gasteiger charge is 2.58. The molecule has 6 aromatic carbocycles. The Balaban J connectivity index is 0.920. The van der Waals surface area contributed by atoms with E-state index in [9.17, 15) is 0 Å². The van der Waals surface area contributed by atoms with Crippen LogP contribution in [0.4, 0.5) is 22.7 Å². The van der Waals surface area contributed by atoms with Crippen molar-refractivity contribution in [3.8, 4) is 17.3 Å². The summed E-state index contributed by atoms with van der Waals surface area (Å²) in [6.45, 7) is 16.9. The Morgan fingerprint density at radius 3 is 1.86 bits per heavy atom. The van der Waals surface area contributed by atoms with E-state index in [0.717, 1.165) is 45.9 Å². The van der Waals surface area contributed by atoms with Crippen molar-refractivity contribution >= 4 is 44.6 Å². The van der Waals surface area contributed by atoms with Gasteiger partial charge in [-0.2, -0.15) is 0 Å². The van der Waals surface area contributed by atoms with Crippen molar-refractivity contribution in [1.29, 1.82) is 0 Å². The molecule has 5 aliphatic rings. The molecule has 4 aliphatic carbocycles. The molecular formula is C61H62N4O. The van der Waals surface area contributed by atoms with E-state index in [1.54, 1.807) is 0 Å². The van der Waals surface area contributed by atoms with E-state index in [2.05, 4.69) is 215 Å². The molecule has 4 saturated carbocycles. The smallest absolute Gasteiger partial charge is 0.137 e. The molecule has 332 valence electrons. The van der Waals surface area contributed by atoms with Gasteiger partial charge in [-0.15, -0.1) is 0 Å². The van der Waals surface area contributed by atoms with E-state index in [4.69, 9.17) is 9.72 Å². The molecule has 0 N–H and O–H groups in total. The lowest BCUT2D eigenvalue weighted by molar-refractivity contribution is -0.0418. The quantitative estimate of drug-likeness (QED) is 0.160. The van der Waals surface area contributed by atoms with Crippen LogP contribution >= 0.6 is 0 Å². The van der Waals surface area contributed by atoms with Gasteiger partial charge in [-0.3, -0.25) is 4.57 Å². The highest BCUT2D eigenvalue weighted by atomic mass is 16.5. The summed E-state index contributed by atoms with van der Waals surface area (Å²) in [6, 6.07) is 54.1. The molecule has 0 atom stereocenters. The molecule has 4 fully saturated rings. The number of ether oxygens (including phenoxy) is 1. The minimum atomic E-state index is -0.0310. The monoisotopic (exact) mass is 866 g/mol. The summed E-state index contributed by atoms with van der Waals surface area (Å²) in [5, 5.41) is 2.41. The van der Waals surface area contributed by atoms with Crippen molar-refractivity contribution in [1.82, 2.24) is 9.55 Å². The number of rotatable bonds is 7. The van der Waals surface area contributed by atoms with Gasteiger partial charge >= 0.3 is 0 Å². The van der Waals surface area contributed by atoms with Crippen LogP contribution in [0.1, 0.15) is 101 Å². The highest BCUT2D eigenvalue weighted by Crippen LogP contribution is 2.65. The van der Waals surface area contributed by atoms with Crippen molar-refractivity contribution < 1.29 is 4.74 Å². The second-order valence-electron chi connectivity index (χ2n) is 22.3. The summed E-state index contributed by atoms with van der Waals surface area (Å²) >= 11 is 0. The zero-order valence-electron chi connectivity index (χ0n) is 39.7. The van der Waals surface area contributed by atoms with Crippen molar-refractivity contribution in [3.05, 3.63) is 180 Å². The van der Waals surface area contributed by atoms with Gasteiger partial charge in [-0.25, -0.2) is 4.98 Å². The Morgan fingerprint density at radius 2 is 1.17 bits per heavy atom. The number of hydrogen-bond acceptors (Lipinski definition) is 4. The molecule has 2 aromatic heterocycles. The van der Waals surface area contributed by atoms with Crippen molar-refractivity contribution in [3.63, 3.8) is 0 Å².